The summed E-state index contributed by atoms with van der Waals surface area (Å²) >= 11 is 0. The molecule has 5 nitrogen and oxygen atoms in total. The number of hydrogen-bond donors (Lipinski definition) is 1. The molecule has 0 aliphatic heterocycles. The summed E-state index contributed by atoms with van der Waals surface area (Å²) in [7, 11) is 1.37. The van der Waals surface area contributed by atoms with E-state index in [2.05, 4.69) is 15.0 Å². The van der Waals surface area contributed by atoms with Crippen LogP contribution >= 0.6 is 0 Å². The van der Waals surface area contributed by atoms with Gasteiger partial charge in [0, 0.05) is 19.3 Å². The highest BCUT2D eigenvalue weighted by molar-refractivity contribution is 5.88. The zero-order valence-electron chi connectivity index (χ0n) is 12.6. The highest BCUT2D eigenvalue weighted by atomic mass is 16.5. The Morgan fingerprint density at radius 1 is 1.33 bits per heavy atom. The zero-order valence-corrected chi connectivity index (χ0v) is 12.6. The second-order valence-electron chi connectivity index (χ2n) is 5.34. The van der Waals surface area contributed by atoms with Crippen molar-refractivity contribution in [3.8, 4) is 0 Å². The van der Waals surface area contributed by atoms with Crippen LogP contribution in [0.1, 0.15) is 48.2 Å². The Balaban J connectivity index is 1.61. The summed E-state index contributed by atoms with van der Waals surface area (Å²) in [6.45, 7) is 2.23. The van der Waals surface area contributed by atoms with E-state index in [4.69, 9.17) is 4.74 Å². The quantitative estimate of drug-likeness (QED) is 0.617. The Morgan fingerprint density at radius 2 is 2.14 bits per heavy atom. The molecule has 0 unspecified atom stereocenters. The summed E-state index contributed by atoms with van der Waals surface area (Å²) in [5.41, 5.74) is 1.38. The number of ether oxygens (including phenoxy) is 2. The molecule has 0 atom stereocenters. The van der Waals surface area contributed by atoms with Crippen LogP contribution in [0.4, 0.5) is 0 Å². The Hall–Kier alpha value is -1.46. The average molecular weight is 292 g/mol. The van der Waals surface area contributed by atoms with Crippen LogP contribution in [-0.4, -0.2) is 37.3 Å². The van der Waals surface area contributed by atoms with Gasteiger partial charge in [0.05, 0.1) is 31.1 Å². The van der Waals surface area contributed by atoms with E-state index in [1.807, 2.05) is 6.07 Å². The number of pyridine rings is 1. The molecule has 5 heteroatoms. The van der Waals surface area contributed by atoms with Crippen LogP contribution < -0.4 is 5.32 Å². The number of carbonyl (C=O) groups excluding carboxylic acids is 1. The first kappa shape index (κ1) is 15.9. The van der Waals surface area contributed by atoms with Gasteiger partial charge in [0.15, 0.2) is 0 Å². The van der Waals surface area contributed by atoms with Gasteiger partial charge < -0.3 is 14.8 Å². The van der Waals surface area contributed by atoms with Crippen LogP contribution in [0.25, 0.3) is 0 Å². The molecule has 0 radical (unpaired) electrons. The number of aromatic nitrogens is 1. The van der Waals surface area contributed by atoms with Gasteiger partial charge in [-0.1, -0.05) is 19.3 Å². The first-order chi connectivity index (χ1) is 10.3. The maximum atomic E-state index is 11.3. The Labute approximate surface area is 126 Å². The normalized spacial score (nSPS) is 15.9. The van der Waals surface area contributed by atoms with E-state index >= 15 is 0 Å². The zero-order chi connectivity index (χ0) is 14.9. The minimum absolute atomic E-state index is 0.358. The van der Waals surface area contributed by atoms with Crippen LogP contribution in [-0.2, 0) is 16.0 Å². The van der Waals surface area contributed by atoms with Crippen molar-refractivity contribution < 1.29 is 14.3 Å². The second kappa shape index (κ2) is 8.74. The smallest absolute Gasteiger partial charge is 0.339 e. The molecule has 0 saturated heterocycles. The predicted molar refractivity (Wildman–Crippen MR) is 80.1 cm³/mol. The number of carbonyl (C=O) groups is 1. The highest BCUT2D eigenvalue weighted by Gasteiger charge is 2.12. The monoisotopic (exact) mass is 292 g/mol. The van der Waals surface area contributed by atoms with E-state index in [9.17, 15) is 4.79 Å². The molecular formula is C16H24N2O3. The summed E-state index contributed by atoms with van der Waals surface area (Å²) in [4.78, 5) is 15.5. The van der Waals surface area contributed by atoms with Gasteiger partial charge in [-0.15, -0.1) is 0 Å². The minimum Gasteiger partial charge on any atom is -0.465 e. The topological polar surface area (TPSA) is 60.5 Å². The fourth-order valence-electron chi connectivity index (χ4n) is 2.51. The summed E-state index contributed by atoms with van der Waals surface area (Å²) in [5.74, 6) is -0.358. The largest absolute Gasteiger partial charge is 0.465 e. The Kier molecular flexibility index (Phi) is 6.63. The standard InChI is InChI=1S/C16H24N2O3/c1-20-16(19)13-7-8-14(18-11-13)12-17-9-10-21-15-5-3-2-4-6-15/h7-8,11,15,17H,2-6,9-10,12H2,1H3. The van der Waals surface area contributed by atoms with E-state index in [1.54, 1.807) is 12.3 Å². The van der Waals surface area contributed by atoms with E-state index in [1.165, 1.54) is 39.2 Å². The molecule has 21 heavy (non-hydrogen) atoms. The average Bonchev–Trinajstić information content (AvgIpc) is 2.55. The number of rotatable bonds is 7. The third-order valence-electron chi connectivity index (χ3n) is 3.74. The van der Waals surface area contributed by atoms with Crippen molar-refractivity contribution in [2.75, 3.05) is 20.3 Å². The molecule has 1 heterocycles. The van der Waals surface area contributed by atoms with Gasteiger partial charge >= 0.3 is 5.97 Å². The molecular weight excluding hydrogens is 268 g/mol. The molecule has 1 fully saturated rings. The van der Waals surface area contributed by atoms with Crippen LogP contribution in [0.5, 0.6) is 0 Å². The van der Waals surface area contributed by atoms with Crippen molar-refractivity contribution in [3.05, 3.63) is 29.6 Å². The molecule has 116 valence electrons. The highest BCUT2D eigenvalue weighted by Crippen LogP contribution is 2.19. The Bertz CT molecular complexity index is 428. The van der Waals surface area contributed by atoms with Crippen molar-refractivity contribution in [1.29, 1.82) is 0 Å². The molecule has 1 aliphatic carbocycles. The maximum absolute atomic E-state index is 11.3. The number of nitrogens with zero attached hydrogens (tertiary/aromatic N) is 1. The fraction of sp³-hybridized carbons (Fsp3) is 0.625. The van der Waals surface area contributed by atoms with Crippen LogP contribution in [0.3, 0.4) is 0 Å². The molecule has 0 aromatic carbocycles. The molecule has 1 N–H and O–H groups in total. The van der Waals surface area contributed by atoms with E-state index in [-0.39, 0.29) is 5.97 Å². The van der Waals surface area contributed by atoms with Gasteiger partial charge in [-0.25, -0.2) is 4.79 Å². The van der Waals surface area contributed by atoms with Crippen molar-refractivity contribution >= 4 is 5.97 Å². The van der Waals surface area contributed by atoms with Crippen LogP contribution in [0.15, 0.2) is 18.3 Å². The van der Waals surface area contributed by atoms with Crippen molar-refractivity contribution in [2.24, 2.45) is 0 Å². The molecule has 1 aromatic rings. The van der Waals surface area contributed by atoms with E-state index in [0.29, 0.717) is 18.2 Å². The second-order valence-corrected chi connectivity index (χ2v) is 5.34. The lowest BCUT2D eigenvalue weighted by atomic mass is 9.98. The SMILES string of the molecule is COC(=O)c1ccc(CNCCOC2CCCCC2)nc1. The summed E-state index contributed by atoms with van der Waals surface area (Å²) in [6, 6.07) is 3.57. The molecule has 0 spiro atoms. The van der Waals surface area contributed by atoms with Gasteiger partial charge in [-0.05, 0) is 25.0 Å². The number of methoxy groups -OCH3 is 1. The van der Waals surface area contributed by atoms with Gasteiger partial charge in [-0.2, -0.15) is 0 Å². The lowest BCUT2D eigenvalue weighted by Crippen LogP contribution is -2.24. The van der Waals surface area contributed by atoms with Crippen molar-refractivity contribution in [2.45, 2.75) is 44.8 Å². The van der Waals surface area contributed by atoms with Crippen molar-refractivity contribution in [3.63, 3.8) is 0 Å². The maximum Gasteiger partial charge on any atom is 0.339 e. The molecule has 1 saturated carbocycles. The lowest BCUT2D eigenvalue weighted by molar-refractivity contribution is 0.0302. The molecule has 2 rings (SSSR count). The van der Waals surface area contributed by atoms with Crippen molar-refractivity contribution in [1.82, 2.24) is 10.3 Å². The Morgan fingerprint density at radius 3 is 2.81 bits per heavy atom. The van der Waals surface area contributed by atoms with Gasteiger partial charge in [0.1, 0.15) is 0 Å². The van der Waals surface area contributed by atoms with Gasteiger partial charge in [-0.3, -0.25) is 4.98 Å². The van der Waals surface area contributed by atoms with Gasteiger partial charge in [0.25, 0.3) is 0 Å². The predicted octanol–water partition coefficient (Wildman–Crippen LogP) is 2.31. The number of esters is 1. The third kappa shape index (κ3) is 5.44. The van der Waals surface area contributed by atoms with E-state index in [0.717, 1.165) is 18.8 Å². The molecule has 1 aromatic heterocycles. The van der Waals surface area contributed by atoms with Crippen LogP contribution in [0.2, 0.25) is 0 Å². The number of hydrogen-bond acceptors (Lipinski definition) is 5. The summed E-state index contributed by atoms with van der Waals surface area (Å²) < 4.78 is 10.5. The molecule has 1 aliphatic rings. The molecule has 0 bridgehead atoms. The van der Waals surface area contributed by atoms with Gasteiger partial charge in [0.2, 0.25) is 0 Å². The minimum atomic E-state index is -0.358. The summed E-state index contributed by atoms with van der Waals surface area (Å²) in [5, 5.41) is 3.30. The van der Waals surface area contributed by atoms with E-state index < -0.39 is 0 Å². The number of nitrogens with one attached hydrogen (secondary N) is 1. The molecule has 0 amide bonds. The lowest BCUT2D eigenvalue weighted by Gasteiger charge is -2.21. The first-order valence-electron chi connectivity index (χ1n) is 7.65. The third-order valence-corrected chi connectivity index (χ3v) is 3.74. The first-order valence-corrected chi connectivity index (χ1v) is 7.65. The fourth-order valence-corrected chi connectivity index (χ4v) is 2.51. The van der Waals surface area contributed by atoms with Crippen LogP contribution in [0, 0.1) is 0 Å². The summed E-state index contributed by atoms with van der Waals surface area (Å²) in [6.07, 6.45) is 8.36.